The molecule has 32 heavy (non-hydrogen) atoms. The Morgan fingerprint density at radius 2 is 1.91 bits per heavy atom. The summed E-state index contributed by atoms with van der Waals surface area (Å²) in [5, 5.41) is 4.22. The number of nitrogens with one attached hydrogen (secondary N) is 1. The molecule has 0 spiro atoms. The van der Waals surface area contributed by atoms with Crippen LogP contribution in [0.5, 0.6) is 0 Å². The lowest BCUT2D eigenvalue weighted by molar-refractivity contribution is -0.115. The minimum Gasteiger partial charge on any atom is -0.464 e. The van der Waals surface area contributed by atoms with E-state index >= 15 is 0 Å². The molecule has 7 nitrogen and oxygen atoms in total. The van der Waals surface area contributed by atoms with Crippen molar-refractivity contribution < 1.29 is 17.6 Å². The molecule has 0 aliphatic carbocycles. The number of hydrogen-bond donors (Lipinski definition) is 1. The number of rotatable bonds is 5. The van der Waals surface area contributed by atoms with Gasteiger partial charge in [0.05, 0.1) is 27.8 Å². The average molecular weight is 470 g/mol. The van der Waals surface area contributed by atoms with Gasteiger partial charge in [0.2, 0.25) is 15.9 Å². The van der Waals surface area contributed by atoms with Crippen molar-refractivity contribution in [3.05, 3.63) is 53.3 Å². The van der Waals surface area contributed by atoms with Crippen LogP contribution in [0.2, 0.25) is 0 Å². The molecule has 9 heteroatoms. The first-order valence-corrected chi connectivity index (χ1v) is 12.7. The molecule has 1 aliphatic rings. The molecule has 1 saturated heterocycles. The SMILES string of the molecule is Cc1cc2occ(CC(=O)Nc3nc4ccc(S(=O)(=O)N5CCCC5)cc4s3)c2cc1C. The predicted octanol–water partition coefficient (Wildman–Crippen LogP) is 4.63. The highest BCUT2D eigenvalue weighted by Gasteiger charge is 2.27. The molecule has 1 N–H and O–H groups in total. The van der Waals surface area contributed by atoms with E-state index in [1.165, 1.54) is 15.6 Å². The van der Waals surface area contributed by atoms with Gasteiger partial charge in [0.1, 0.15) is 5.58 Å². The fraction of sp³-hybridized carbons (Fsp3) is 0.304. The Balaban J connectivity index is 1.35. The smallest absolute Gasteiger partial charge is 0.243 e. The van der Waals surface area contributed by atoms with Crippen LogP contribution in [0.25, 0.3) is 21.2 Å². The van der Waals surface area contributed by atoms with Crippen molar-refractivity contribution in [1.29, 1.82) is 0 Å². The van der Waals surface area contributed by atoms with Crippen LogP contribution in [0.4, 0.5) is 5.13 Å². The first-order valence-electron chi connectivity index (χ1n) is 10.5. The lowest BCUT2D eigenvalue weighted by Crippen LogP contribution is -2.27. The molecule has 0 bridgehead atoms. The lowest BCUT2D eigenvalue weighted by Gasteiger charge is -2.15. The maximum Gasteiger partial charge on any atom is 0.243 e. The quantitative estimate of drug-likeness (QED) is 0.460. The number of hydrogen-bond acceptors (Lipinski definition) is 6. The zero-order valence-electron chi connectivity index (χ0n) is 17.8. The van der Waals surface area contributed by atoms with Gasteiger partial charge in [0.15, 0.2) is 5.13 Å². The van der Waals surface area contributed by atoms with Crippen molar-refractivity contribution in [1.82, 2.24) is 9.29 Å². The van der Waals surface area contributed by atoms with Crippen molar-refractivity contribution in [2.45, 2.75) is 38.0 Å². The Hall–Kier alpha value is -2.75. The van der Waals surface area contributed by atoms with Crippen molar-refractivity contribution in [2.24, 2.45) is 0 Å². The lowest BCUT2D eigenvalue weighted by atomic mass is 10.0. The number of amides is 1. The number of anilines is 1. The number of carbonyl (C=O) groups is 1. The molecule has 4 aromatic rings. The predicted molar refractivity (Wildman–Crippen MR) is 126 cm³/mol. The summed E-state index contributed by atoms with van der Waals surface area (Å²) in [6.07, 6.45) is 3.57. The molecule has 2 aromatic heterocycles. The molecule has 5 rings (SSSR count). The van der Waals surface area contributed by atoms with E-state index in [4.69, 9.17) is 4.42 Å². The summed E-state index contributed by atoms with van der Waals surface area (Å²) < 4.78 is 33.5. The van der Waals surface area contributed by atoms with E-state index in [2.05, 4.69) is 10.3 Å². The molecule has 0 atom stereocenters. The minimum absolute atomic E-state index is 0.167. The summed E-state index contributed by atoms with van der Waals surface area (Å²) in [6, 6.07) is 8.94. The summed E-state index contributed by atoms with van der Waals surface area (Å²) in [4.78, 5) is 17.4. The normalized spacial score (nSPS) is 15.1. The van der Waals surface area contributed by atoms with E-state index in [9.17, 15) is 13.2 Å². The third kappa shape index (κ3) is 3.80. The number of aromatic nitrogens is 1. The molecular formula is C23H23N3O4S2. The van der Waals surface area contributed by atoms with E-state index in [1.54, 1.807) is 24.5 Å². The summed E-state index contributed by atoms with van der Waals surface area (Å²) in [5.41, 5.74) is 4.53. The molecule has 0 unspecified atom stereocenters. The zero-order chi connectivity index (χ0) is 22.5. The van der Waals surface area contributed by atoms with Gasteiger partial charge in [-0.25, -0.2) is 13.4 Å². The second-order valence-electron chi connectivity index (χ2n) is 8.18. The molecule has 1 amide bonds. The highest BCUT2D eigenvalue weighted by Crippen LogP contribution is 2.31. The molecule has 166 valence electrons. The second-order valence-corrected chi connectivity index (χ2v) is 11.1. The van der Waals surface area contributed by atoms with Crippen molar-refractivity contribution >= 4 is 53.6 Å². The van der Waals surface area contributed by atoms with Crippen molar-refractivity contribution in [3.8, 4) is 0 Å². The number of carbonyl (C=O) groups excluding carboxylic acids is 1. The summed E-state index contributed by atoms with van der Waals surface area (Å²) in [6.45, 7) is 5.18. The van der Waals surface area contributed by atoms with Crippen LogP contribution < -0.4 is 5.32 Å². The molecule has 0 radical (unpaired) electrons. The van der Waals surface area contributed by atoms with Crippen molar-refractivity contribution in [2.75, 3.05) is 18.4 Å². The second kappa shape index (κ2) is 7.99. The van der Waals surface area contributed by atoms with Crippen LogP contribution in [0, 0.1) is 13.8 Å². The highest BCUT2D eigenvalue weighted by atomic mass is 32.2. The third-order valence-electron chi connectivity index (χ3n) is 5.93. The topological polar surface area (TPSA) is 92.5 Å². The van der Waals surface area contributed by atoms with Crippen LogP contribution >= 0.6 is 11.3 Å². The van der Waals surface area contributed by atoms with Crippen LogP contribution in [-0.2, 0) is 21.2 Å². The van der Waals surface area contributed by atoms with Gasteiger partial charge in [-0.15, -0.1) is 0 Å². The molecule has 1 aliphatic heterocycles. The third-order valence-corrected chi connectivity index (χ3v) is 8.76. The number of benzene rings is 2. The van der Waals surface area contributed by atoms with Crippen LogP contribution in [0.1, 0.15) is 29.5 Å². The molecule has 3 heterocycles. The van der Waals surface area contributed by atoms with E-state index in [0.717, 1.165) is 45.2 Å². The summed E-state index contributed by atoms with van der Waals surface area (Å²) in [5.74, 6) is -0.199. The number of fused-ring (bicyclic) bond motifs is 2. The zero-order valence-corrected chi connectivity index (χ0v) is 19.5. The number of furan rings is 1. The van der Waals surface area contributed by atoms with Crippen molar-refractivity contribution in [3.63, 3.8) is 0 Å². The van der Waals surface area contributed by atoms with Crippen LogP contribution in [-0.4, -0.2) is 36.7 Å². The van der Waals surface area contributed by atoms with Crippen LogP contribution in [0.3, 0.4) is 0 Å². The Morgan fingerprint density at radius 3 is 2.69 bits per heavy atom. The largest absolute Gasteiger partial charge is 0.464 e. The van der Waals surface area contributed by atoms with Gasteiger partial charge in [-0.05, 0) is 68.1 Å². The Labute approximate surface area is 190 Å². The monoisotopic (exact) mass is 469 g/mol. The minimum atomic E-state index is -3.49. The van der Waals surface area contributed by atoms with Gasteiger partial charge < -0.3 is 9.73 Å². The highest BCUT2D eigenvalue weighted by molar-refractivity contribution is 7.89. The summed E-state index contributed by atoms with van der Waals surface area (Å²) >= 11 is 1.27. The number of sulfonamides is 1. The van der Waals surface area contributed by atoms with Gasteiger partial charge in [-0.1, -0.05) is 11.3 Å². The van der Waals surface area contributed by atoms with Gasteiger partial charge in [0, 0.05) is 24.0 Å². The van der Waals surface area contributed by atoms with E-state index < -0.39 is 10.0 Å². The van der Waals surface area contributed by atoms with Gasteiger partial charge in [0.25, 0.3) is 0 Å². The fourth-order valence-electron chi connectivity index (χ4n) is 4.01. The van der Waals surface area contributed by atoms with E-state index in [0.29, 0.717) is 23.7 Å². The van der Waals surface area contributed by atoms with Gasteiger partial charge in [-0.3, -0.25) is 4.79 Å². The maximum atomic E-state index is 12.8. The average Bonchev–Trinajstić information content (AvgIpc) is 3.49. The van der Waals surface area contributed by atoms with Gasteiger partial charge >= 0.3 is 0 Å². The molecule has 2 aromatic carbocycles. The molecular weight excluding hydrogens is 446 g/mol. The maximum absolute atomic E-state index is 12.8. The molecule has 0 saturated carbocycles. The van der Waals surface area contributed by atoms with Crippen LogP contribution in [0.15, 0.2) is 45.9 Å². The van der Waals surface area contributed by atoms with E-state index in [1.807, 2.05) is 26.0 Å². The van der Waals surface area contributed by atoms with E-state index in [-0.39, 0.29) is 17.2 Å². The fourth-order valence-corrected chi connectivity index (χ4v) is 6.55. The Morgan fingerprint density at radius 1 is 1.16 bits per heavy atom. The Kier molecular flexibility index (Phi) is 5.27. The Bertz CT molecular complexity index is 1450. The van der Waals surface area contributed by atoms with Gasteiger partial charge in [-0.2, -0.15) is 4.31 Å². The summed E-state index contributed by atoms with van der Waals surface area (Å²) in [7, 11) is -3.49. The molecule has 1 fully saturated rings. The first-order chi connectivity index (χ1) is 15.3. The number of aryl methyl sites for hydroxylation is 2. The number of nitrogens with zero attached hydrogens (tertiary/aromatic N) is 2. The number of thiazole rings is 1. The standard InChI is InChI=1S/C23H23N3O4S2/c1-14-9-18-16(13-30-20(18)10-15(14)2)11-22(27)25-23-24-19-6-5-17(12-21(19)31-23)32(28,29)26-7-3-4-8-26/h5-6,9-10,12-13H,3-4,7-8,11H2,1-2H3,(H,24,25,27). The first kappa shape index (κ1) is 21.1.